The number of rotatable bonds is 67. The summed E-state index contributed by atoms with van der Waals surface area (Å²) in [6.45, 7) is 4.91. The third-order valence-electron chi connectivity index (χ3n) is 16.7. The Labute approximate surface area is 494 Å². The van der Waals surface area contributed by atoms with E-state index < -0.39 is 12.1 Å². The van der Waals surface area contributed by atoms with Crippen LogP contribution in [0.5, 0.6) is 0 Å². The van der Waals surface area contributed by atoms with E-state index in [-0.39, 0.29) is 18.5 Å². The first kappa shape index (κ1) is 77.1. The summed E-state index contributed by atoms with van der Waals surface area (Å²) in [6.07, 6.45) is 88.3. The van der Waals surface area contributed by atoms with Gasteiger partial charge in [-0.1, -0.05) is 352 Å². The van der Waals surface area contributed by atoms with Crippen molar-refractivity contribution >= 4 is 11.9 Å². The molecule has 0 spiro atoms. The van der Waals surface area contributed by atoms with E-state index in [1.807, 2.05) is 6.08 Å². The highest BCUT2D eigenvalue weighted by Gasteiger charge is 2.18. The van der Waals surface area contributed by atoms with Crippen LogP contribution in [-0.4, -0.2) is 47.4 Å². The first-order valence-electron chi connectivity index (χ1n) is 35.8. The molecular formula is C73H139NO5. The molecule has 0 heterocycles. The molecule has 0 radical (unpaired) electrons. The van der Waals surface area contributed by atoms with Crippen molar-refractivity contribution in [1.82, 2.24) is 5.32 Å². The van der Waals surface area contributed by atoms with Gasteiger partial charge in [0, 0.05) is 12.8 Å². The third-order valence-corrected chi connectivity index (χ3v) is 16.7. The zero-order chi connectivity index (χ0) is 57.1. The van der Waals surface area contributed by atoms with Crippen LogP contribution in [0.4, 0.5) is 0 Å². The average Bonchev–Trinajstić information content (AvgIpc) is 3.45. The highest BCUT2D eigenvalue weighted by Crippen LogP contribution is 2.18. The second-order valence-corrected chi connectivity index (χ2v) is 24.6. The molecule has 466 valence electrons. The van der Waals surface area contributed by atoms with Crippen molar-refractivity contribution in [2.24, 2.45) is 0 Å². The summed E-state index contributed by atoms with van der Waals surface area (Å²) in [5.74, 6) is -0.0444. The molecule has 79 heavy (non-hydrogen) atoms. The monoisotopic (exact) mass is 1110 g/mol. The number of amides is 1. The predicted molar refractivity (Wildman–Crippen MR) is 347 cm³/mol. The van der Waals surface area contributed by atoms with Crippen molar-refractivity contribution < 1.29 is 24.5 Å². The van der Waals surface area contributed by atoms with Crippen LogP contribution >= 0.6 is 0 Å². The molecule has 0 aromatic carbocycles. The summed E-state index contributed by atoms with van der Waals surface area (Å²) in [4.78, 5) is 24.5. The lowest BCUT2D eigenvalue weighted by Gasteiger charge is -2.20. The summed E-state index contributed by atoms with van der Waals surface area (Å²) in [7, 11) is 0. The highest BCUT2D eigenvalue weighted by molar-refractivity contribution is 5.76. The van der Waals surface area contributed by atoms with Crippen molar-refractivity contribution in [2.45, 2.75) is 405 Å². The summed E-state index contributed by atoms with van der Waals surface area (Å²) in [6, 6.07) is -0.623. The number of hydrogen-bond acceptors (Lipinski definition) is 5. The number of carbonyl (C=O) groups excluding carboxylic acids is 2. The molecular weight excluding hydrogens is 971 g/mol. The average molecular weight is 1110 g/mol. The highest BCUT2D eigenvalue weighted by atomic mass is 16.5. The molecule has 0 aliphatic heterocycles. The summed E-state index contributed by atoms with van der Waals surface area (Å²) in [5, 5.41) is 23.0. The van der Waals surface area contributed by atoms with Gasteiger partial charge in [0.15, 0.2) is 0 Å². The number of esters is 1. The molecule has 0 aliphatic rings. The molecule has 6 heteroatoms. The number of ether oxygens (including phenoxy) is 1. The molecule has 0 bridgehead atoms. The second kappa shape index (κ2) is 68.6. The van der Waals surface area contributed by atoms with Crippen LogP contribution in [0, 0.1) is 0 Å². The lowest BCUT2D eigenvalue weighted by atomic mass is 10.0. The van der Waals surface area contributed by atoms with Crippen molar-refractivity contribution in [3.8, 4) is 0 Å². The maximum absolute atomic E-state index is 12.4. The van der Waals surface area contributed by atoms with Gasteiger partial charge in [0.2, 0.25) is 5.91 Å². The van der Waals surface area contributed by atoms with Crippen LogP contribution in [0.15, 0.2) is 36.5 Å². The molecule has 6 nitrogen and oxygen atoms in total. The number of aliphatic hydroxyl groups is 2. The topological polar surface area (TPSA) is 95.9 Å². The van der Waals surface area contributed by atoms with Gasteiger partial charge in [0.1, 0.15) is 0 Å². The molecule has 2 unspecified atom stereocenters. The fraction of sp³-hybridized carbons (Fsp3) is 0.890. The molecule has 0 saturated heterocycles. The first-order chi connectivity index (χ1) is 39.0. The zero-order valence-electron chi connectivity index (χ0n) is 53.4. The first-order valence-corrected chi connectivity index (χ1v) is 35.8. The number of allylic oxidation sites excluding steroid dienone is 5. The van der Waals surface area contributed by atoms with E-state index in [0.717, 1.165) is 44.9 Å². The molecule has 1 amide bonds. The molecule has 0 aromatic rings. The van der Waals surface area contributed by atoms with Gasteiger partial charge < -0.3 is 20.3 Å². The van der Waals surface area contributed by atoms with E-state index >= 15 is 0 Å². The Morgan fingerprint density at radius 1 is 0.354 bits per heavy atom. The van der Waals surface area contributed by atoms with Crippen LogP contribution in [0.25, 0.3) is 0 Å². The Morgan fingerprint density at radius 3 is 0.962 bits per heavy atom. The Kier molecular flexibility index (Phi) is 66.9. The van der Waals surface area contributed by atoms with Crippen molar-refractivity contribution in [1.29, 1.82) is 0 Å². The number of hydrogen-bond donors (Lipinski definition) is 3. The minimum atomic E-state index is -0.840. The SMILES string of the molecule is CCCCCCCCC/C=C/C(O)C(CO)NC(=O)CCCCCCCCCCCCCCCCCCC/C=C\C/C=C\CCCCCCCCCCCCCCCOC(=O)CCCCCCCCCCCCCCCCCC. The lowest BCUT2D eigenvalue weighted by Crippen LogP contribution is -2.45. The van der Waals surface area contributed by atoms with Crippen molar-refractivity contribution in [2.75, 3.05) is 13.2 Å². The molecule has 0 saturated carbocycles. The molecule has 0 aliphatic carbocycles. The fourth-order valence-corrected chi connectivity index (χ4v) is 11.2. The normalized spacial score (nSPS) is 12.7. The summed E-state index contributed by atoms with van der Waals surface area (Å²) < 4.78 is 5.50. The summed E-state index contributed by atoms with van der Waals surface area (Å²) >= 11 is 0. The van der Waals surface area contributed by atoms with Crippen LogP contribution in [0.2, 0.25) is 0 Å². The van der Waals surface area contributed by atoms with E-state index in [1.165, 1.54) is 321 Å². The number of unbranched alkanes of at least 4 members (excludes halogenated alkanes) is 52. The number of carbonyl (C=O) groups is 2. The van der Waals surface area contributed by atoms with Crippen molar-refractivity contribution in [3.63, 3.8) is 0 Å². The van der Waals surface area contributed by atoms with Gasteiger partial charge in [0.05, 0.1) is 25.4 Å². The van der Waals surface area contributed by atoms with Gasteiger partial charge in [-0.05, 0) is 64.2 Å². The van der Waals surface area contributed by atoms with E-state index in [2.05, 4.69) is 43.5 Å². The predicted octanol–water partition coefficient (Wildman–Crippen LogP) is 23.1. The van der Waals surface area contributed by atoms with Crippen LogP contribution in [-0.2, 0) is 14.3 Å². The van der Waals surface area contributed by atoms with Crippen LogP contribution < -0.4 is 5.32 Å². The fourth-order valence-electron chi connectivity index (χ4n) is 11.2. The molecule has 0 aromatic heterocycles. The van der Waals surface area contributed by atoms with Gasteiger partial charge in [-0.25, -0.2) is 0 Å². The van der Waals surface area contributed by atoms with E-state index in [1.54, 1.807) is 6.08 Å². The van der Waals surface area contributed by atoms with E-state index in [0.29, 0.717) is 19.4 Å². The maximum atomic E-state index is 12.4. The minimum absolute atomic E-state index is 0.0223. The Bertz CT molecular complexity index is 1280. The van der Waals surface area contributed by atoms with Crippen LogP contribution in [0.3, 0.4) is 0 Å². The van der Waals surface area contributed by atoms with Gasteiger partial charge in [-0.2, -0.15) is 0 Å². The molecule has 2 atom stereocenters. The smallest absolute Gasteiger partial charge is 0.305 e. The lowest BCUT2D eigenvalue weighted by molar-refractivity contribution is -0.143. The van der Waals surface area contributed by atoms with Gasteiger partial charge in [0.25, 0.3) is 0 Å². The zero-order valence-corrected chi connectivity index (χ0v) is 53.4. The number of aliphatic hydroxyl groups excluding tert-OH is 2. The van der Waals surface area contributed by atoms with Crippen molar-refractivity contribution in [3.05, 3.63) is 36.5 Å². The Balaban J connectivity index is 3.33. The maximum Gasteiger partial charge on any atom is 0.305 e. The standard InChI is InChI=1S/C73H139NO5/c1-3-5-7-9-11-13-14-15-16-41-44-47-51-55-59-63-67-73(78)79-68-64-60-56-52-48-45-42-39-37-35-33-31-29-27-25-23-21-19-17-18-20-22-24-26-28-30-32-34-36-38-40-43-46-50-54-58-62-66-72(77)74-70(69-75)71(76)65-61-57-53-49-12-10-8-6-4-2/h17,19,23,25,61,65,70-71,75-76H,3-16,18,20-22,24,26-60,62-64,66-69H2,1-2H3,(H,74,77)/b19-17-,25-23-,65-61+. The van der Waals surface area contributed by atoms with E-state index in [9.17, 15) is 19.8 Å². The van der Waals surface area contributed by atoms with Gasteiger partial charge in [-0.15, -0.1) is 0 Å². The largest absolute Gasteiger partial charge is 0.466 e. The molecule has 0 fully saturated rings. The number of nitrogens with one attached hydrogen (secondary N) is 1. The van der Waals surface area contributed by atoms with Gasteiger partial charge >= 0.3 is 5.97 Å². The van der Waals surface area contributed by atoms with Crippen LogP contribution in [0.1, 0.15) is 393 Å². The van der Waals surface area contributed by atoms with Gasteiger partial charge in [-0.3, -0.25) is 9.59 Å². The second-order valence-electron chi connectivity index (χ2n) is 24.6. The molecule has 0 rings (SSSR count). The summed E-state index contributed by atoms with van der Waals surface area (Å²) in [5.41, 5.74) is 0. The molecule has 3 N–H and O–H groups in total. The Hall–Kier alpha value is -1.92. The van der Waals surface area contributed by atoms with E-state index in [4.69, 9.17) is 4.74 Å². The quantitative estimate of drug-likeness (QED) is 0.0320. The minimum Gasteiger partial charge on any atom is -0.466 e. The Morgan fingerprint density at radius 2 is 0.633 bits per heavy atom. The third kappa shape index (κ3) is 65.1.